The number of rotatable bonds is 3. The highest BCUT2D eigenvalue weighted by Crippen LogP contribution is 2.38. The molecule has 3 heteroatoms. The molecule has 2 unspecified atom stereocenters. The summed E-state index contributed by atoms with van der Waals surface area (Å²) >= 11 is 12.4. The predicted octanol–water partition coefficient (Wildman–Crippen LogP) is 4.83. The minimum atomic E-state index is -0.110. The van der Waals surface area contributed by atoms with Gasteiger partial charge in [-0.25, -0.2) is 0 Å². The third-order valence-electron chi connectivity index (χ3n) is 4.30. The molecular formula is C15H21Cl2N. The summed E-state index contributed by atoms with van der Waals surface area (Å²) in [7, 11) is 0. The predicted molar refractivity (Wildman–Crippen MR) is 79.3 cm³/mol. The van der Waals surface area contributed by atoms with Gasteiger partial charge in [0.2, 0.25) is 0 Å². The molecule has 1 aliphatic rings. The Labute approximate surface area is 120 Å². The quantitative estimate of drug-likeness (QED) is 0.845. The van der Waals surface area contributed by atoms with Crippen molar-refractivity contribution in [2.45, 2.75) is 51.0 Å². The first kappa shape index (κ1) is 14.2. The second-order valence-corrected chi connectivity index (χ2v) is 6.26. The van der Waals surface area contributed by atoms with Crippen LogP contribution in [0.3, 0.4) is 0 Å². The summed E-state index contributed by atoms with van der Waals surface area (Å²) in [5, 5.41) is 1.30. The molecule has 1 nitrogen and oxygen atoms in total. The zero-order chi connectivity index (χ0) is 13.2. The van der Waals surface area contributed by atoms with Crippen molar-refractivity contribution in [1.29, 1.82) is 0 Å². The topological polar surface area (TPSA) is 26.0 Å². The van der Waals surface area contributed by atoms with Crippen molar-refractivity contribution in [1.82, 2.24) is 0 Å². The molecule has 0 aliphatic heterocycles. The summed E-state index contributed by atoms with van der Waals surface area (Å²) in [6.07, 6.45) is 6.85. The lowest BCUT2D eigenvalue weighted by atomic mass is 9.69. The first-order chi connectivity index (χ1) is 8.57. The average Bonchev–Trinajstić information content (AvgIpc) is 2.35. The maximum atomic E-state index is 6.66. The highest BCUT2D eigenvalue weighted by molar-refractivity contribution is 6.42. The molecule has 18 heavy (non-hydrogen) atoms. The molecule has 0 spiro atoms. The fourth-order valence-electron chi connectivity index (χ4n) is 3.22. The second kappa shape index (κ2) is 5.81. The van der Waals surface area contributed by atoms with E-state index >= 15 is 0 Å². The average molecular weight is 286 g/mol. The van der Waals surface area contributed by atoms with Crippen molar-refractivity contribution < 1.29 is 0 Å². The van der Waals surface area contributed by atoms with Gasteiger partial charge in [0.25, 0.3) is 0 Å². The maximum Gasteiger partial charge on any atom is 0.0624 e. The van der Waals surface area contributed by atoms with E-state index in [0.29, 0.717) is 16.0 Å². The van der Waals surface area contributed by atoms with Gasteiger partial charge >= 0.3 is 0 Å². The molecule has 2 atom stereocenters. The third-order valence-corrected chi connectivity index (χ3v) is 5.16. The highest BCUT2D eigenvalue weighted by atomic mass is 35.5. The molecule has 0 radical (unpaired) electrons. The van der Waals surface area contributed by atoms with Gasteiger partial charge in [-0.2, -0.15) is 0 Å². The normalized spacial score (nSPS) is 28.3. The molecule has 0 aromatic heterocycles. The molecular weight excluding hydrogens is 265 g/mol. The van der Waals surface area contributed by atoms with Crippen LogP contribution >= 0.6 is 23.2 Å². The molecule has 0 heterocycles. The number of hydrogen-bond acceptors (Lipinski definition) is 1. The molecule has 2 N–H and O–H groups in total. The fourth-order valence-corrected chi connectivity index (χ4v) is 3.61. The van der Waals surface area contributed by atoms with Gasteiger partial charge < -0.3 is 5.73 Å². The van der Waals surface area contributed by atoms with E-state index in [1.807, 2.05) is 18.2 Å². The minimum Gasteiger partial charge on any atom is -0.325 e. The molecule has 0 amide bonds. The van der Waals surface area contributed by atoms with Gasteiger partial charge in [-0.3, -0.25) is 0 Å². The molecule has 1 aliphatic carbocycles. The minimum absolute atomic E-state index is 0.110. The van der Waals surface area contributed by atoms with Crippen molar-refractivity contribution in [3.05, 3.63) is 33.8 Å². The van der Waals surface area contributed by atoms with Gasteiger partial charge in [0.05, 0.1) is 10.0 Å². The smallest absolute Gasteiger partial charge is 0.0624 e. The van der Waals surface area contributed by atoms with Crippen LogP contribution in [0.25, 0.3) is 0 Å². The molecule has 0 saturated heterocycles. The lowest BCUT2D eigenvalue weighted by Crippen LogP contribution is -2.50. The third kappa shape index (κ3) is 2.84. The summed E-state index contributed by atoms with van der Waals surface area (Å²) < 4.78 is 0. The lowest BCUT2D eigenvalue weighted by molar-refractivity contribution is 0.182. The standard InChI is InChI=1S/C15H21Cl2N/c1-2-12-7-3-4-9-15(12,18)10-11-6-5-8-13(16)14(11)17/h5-6,8,12H,2-4,7,9-10,18H2,1H3. The molecule has 2 rings (SSSR count). The molecule has 1 aromatic rings. The van der Waals surface area contributed by atoms with E-state index in [4.69, 9.17) is 28.9 Å². The largest absolute Gasteiger partial charge is 0.325 e. The zero-order valence-corrected chi connectivity index (χ0v) is 12.4. The molecule has 100 valence electrons. The molecule has 1 aromatic carbocycles. The van der Waals surface area contributed by atoms with Crippen molar-refractivity contribution in [2.75, 3.05) is 0 Å². The summed E-state index contributed by atoms with van der Waals surface area (Å²) in [6, 6.07) is 5.83. The van der Waals surface area contributed by atoms with Crippen LogP contribution in [-0.4, -0.2) is 5.54 Å². The van der Waals surface area contributed by atoms with Gasteiger partial charge in [-0.1, -0.05) is 61.5 Å². The Morgan fingerprint density at radius 2 is 2.11 bits per heavy atom. The number of benzene rings is 1. The van der Waals surface area contributed by atoms with Crippen LogP contribution < -0.4 is 5.73 Å². The first-order valence-electron chi connectivity index (χ1n) is 6.78. The number of hydrogen-bond donors (Lipinski definition) is 1. The Balaban J connectivity index is 2.23. The number of nitrogens with two attached hydrogens (primary N) is 1. The van der Waals surface area contributed by atoms with Crippen LogP contribution in [0.15, 0.2) is 18.2 Å². The van der Waals surface area contributed by atoms with Crippen LogP contribution in [0.2, 0.25) is 10.0 Å². The van der Waals surface area contributed by atoms with Gasteiger partial charge in [-0.05, 0) is 36.8 Å². The van der Waals surface area contributed by atoms with Gasteiger partial charge in [0.1, 0.15) is 0 Å². The van der Waals surface area contributed by atoms with Crippen LogP contribution in [-0.2, 0) is 6.42 Å². The highest BCUT2D eigenvalue weighted by Gasteiger charge is 2.36. The van der Waals surface area contributed by atoms with E-state index in [-0.39, 0.29) is 5.54 Å². The first-order valence-corrected chi connectivity index (χ1v) is 7.54. The van der Waals surface area contributed by atoms with Crippen LogP contribution in [0, 0.1) is 5.92 Å². The SMILES string of the molecule is CCC1CCCCC1(N)Cc1cccc(Cl)c1Cl. The maximum absolute atomic E-state index is 6.66. The lowest BCUT2D eigenvalue weighted by Gasteiger charge is -2.41. The Kier molecular flexibility index (Phi) is 4.58. The van der Waals surface area contributed by atoms with E-state index < -0.39 is 0 Å². The van der Waals surface area contributed by atoms with E-state index in [1.165, 1.54) is 19.3 Å². The fraction of sp³-hybridized carbons (Fsp3) is 0.600. The molecule has 0 bridgehead atoms. The van der Waals surface area contributed by atoms with Crippen molar-refractivity contribution in [3.63, 3.8) is 0 Å². The summed E-state index contributed by atoms with van der Waals surface area (Å²) in [4.78, 5) is 0. The Morgan fingerprint density at radius 1 is 1.33 bits per heavy atom. The van der Waals surface area contributed by atoms with E-state index in [2.05, 4.69) is 6.92 Å². The monoisotopic (exact) mass is 285 g/mol. The van der Waals surface area contributed by atoms with Crippen LogP contribution in [0.4, 0.5) is 0 Å². The van der Waals surface area contributed by atoms with Crippen molar-refractivity contribution in [3.8, 4) is 0 Å². The Morgan fingerprint density at radius 3 is 2.83 bits per heavy atom. The molecule has 1 saturated carbocycles. The van der Waals surface area contributed by atoms with E-state index in [1.54, 1.807) is 0 Å². The van der Waals surface area contributed by atoms with Crippen molar-refractivity contribution >= 4 is 23.2 Å². The zero-order valence-electron chi connectivity index (χ0n) is 10.9. The van der Waals surface area contributed by atoms with Crippen LogP contribution in [0.1, 0.15) is 44.6 Å². The summed E-state index contributed by atoms with van der Waals surface area (Å²) in [5.74, 6) is 0.598. The summed E-state index contributed by atoms with van der Waals surface area (Å²) in [6.45, 7) is 2.23. The van der Waals surface area contributed by atoms with E-state index in [0.717, 1.165) is 24.8 Å². The van der Waals surface area contributed by atoms with Crippen molar-refractivity contribution in [2.24, 2.45) is 11.7 Å². The van der Waals surface area contributed by atoms with Crippen LogP contribution in [0.5, 0.6) is 0 Å². The Bertz CT molecular complexity index is 419. The number of halogens is 2. The second-order valence-electron chi connectivity index (χ2n) is 5.47. The van der Waals surface area contributed by atoms with E-state index in [9.17, 15) is 0 Å². The Hall–Kier alpha value is -0.240. The molecule has 1 fully saturated rings. The van der Waals surface area contributed by atoms with Gasteiger partial charge in [-0.15, -0.1) is 0 Å². The summed E-state index contributed by atoms with van der Waals surface area (Å²) in [5.41, 5.74) is 7.64. The van der Waals surface area contributed by atoms with Gasteiger partial charge in [0.15, 0.2) is 0 Å². The van der Waals surface area contributed by atoms with Gasteiger partial charge in [0, 0.05) is 5.54 Å².